The first-order valence-electron chi connectivity index (χ1n) is 3.24. The molecule has 0 atom stereocenters. The molecule has 5 nitrogen and oxygen atoms in total. The summed E-state index contributed by atoms with van der Waals surface area (Å²) < 4.78 is 23.1. The van der Waals surface area contributed by atoms with Crippen molar-refractivity contribution < 1.29 is 8.42 Å². The molecule has 3 N–H and O–H groups in total. The van der Waals surface area contributed by atoms with E-state index in [0.29, 0.717) is 0 Å². The fourth-order valence-electron chi connectivity index (χ4n) is 0.685. The molecule has 0 aliphatic heterocycles. The van der Waals surface area contributed by atoms with Crippen LogP contribution in [0.25, 0.3) is 0 Å². The third-order valence-corrected chi connectivity index (χ3v) is 1.77. The summed E-state index contributed by atoms with van der Waals surface area (Å²) >= 11 is 0. The van der Waals surface area contributed by atoms with Crippen molar-refractivity contribution in [2.24, 2.45) is 5.14 Å². The Kier molecular flexibility index (Phi) is 2.74. The molecule has 0 radical (unpaired) electrons. The highest BCUT2D eigenvalue weighted by molar-refractivity contribution is 7.87. The lowest BCUT2D eigenvalue weighted by atomic mass is 10.3. The van der Waals surface area contributed by atoms with Gasteiger partial charge in [0.2, 0.25) is 0 Å². The molecule has 0 saturated heterocycles. The Hall–Kier alpha value is -0.980. The van der Waals surface area contributed by atoms with E-state index in [1.54, 1.807) is 24.5 Å². The van der Waals surface area contributed by atoms with Crippen LogP contribution in [0.2, 0.25) is 0 Å². The summed E-state index contributed by atoms with van der Waals surface area (Å²) in [6.45, 7) is 0.196. The summed E-state index contributed by atoms with van der Waals surface area (Å²) in [5, 5.41) is 4.73. The van der Waals surface area contributed by atoms with Crippen LogP contribution in [0.5, 0.6) is 0 Å². The van der Waals surface area contributed by atoms with E-state index in [9.17, 15) is 8.42 Å². The van der Waals surface area contributed by atoms with Gasteiger partial charge >= 0.3 is 0 Å². The monoisotopic (exact) mass is 187 g/mol. The zero-order chi connectivity index (χ0) is 9.03. The van der Waals surface area contributed by atoms with Crippen LogP contribution in [0.3, 0.4) is 0 Å². The molecule has 12 heavy (non-hydrogen) atoms. The minimum Gasteiger partial charge on any atom is -0.265 e. The van der Waals surface area contributed by atoms with Crippen molar-refractivity contribution in [3.8, 4) is 0 Å². The van der Waals surface area contributed by atoms with Crippen molar-refractivity contribution in [2.75, 3.05) is 0 Å². The summed E-state index contributed by atoms with van der Waals surface area (Å²) in [6.07, 6.45) is 3.17. The molecule has 0 fully saturated rings. The van der Waals surface area contributed by atoms with E-state index < -0.39 is 10.2 Å². The summed E-state index contributed by atoms with van der Waals surface area (Å²) in [4.78, 5) is 3.78. The predicted molar refractivity (Wildman–Crippen MR) is 44.2 cm³/mol. The molecule has 0 spiro atoms. The largest absolute Gasteiger partial charge is 0.274 e. The van der Waals surface area contributed by atoms with Gasteiger partial charge in [-0.15, -0.1) is 0 Å². The average Bonchev–Trinajstić information content (AvgIpc) is 2.02. The van der Waals surface area contributed by atoms with Gasteiger partial charge in [0.1, 0.15) is 0 Å². The Morgan fingerprint density at radius 3 is 2.50 bits per heavy atom. The molecule has 1 aromatic heterocycles. The van der Waals surface area contributed by atoms with Gasteiger partial charge in [-0.1, -0.05) is 0 Å². The highest BCUT2D eigenvalue weighted by Crippen LogP contribution is 1.94. The molecule has 66 valence electrons. The van der Waals surface area contributed by atoms with Crippen LogP contribution in [0, 0.1) is 0 Å². The van der Waals surface area contributed by atoms with E-state index in [4.69, 9.17) is 5.14 Å². The van der Waals surface area contributed by atoms with Crippen molar-refractivity contribution in [1.82, 2.24) is 9.71 Å². The zero-order valence-electron chi connectivity index (χ0n) is 6.27. The molecule has 0 aliphatic carbocycles. The van der Waals surface area contributed by atoms with Crippen molar-refractivity contribution in [3.05, 3.63) is 30.1 Å². The van der Waals surface area contributed by atoms with Crippen LogP contribution >= 0.6 is 0 Å². The van der Waals surface area contributed by atoms with Crippen molar-refractivity contribution >= 4 is 10.2 Å². The molecule has 0 amide bonds. The lowest BCUT2D eigenvalue weighted by molar-refractivity contribution is 0.583. The standard InChI is InChI=1S/C6H9N3O2S/c7-12(10,11)9-5-6-1-3-8-4-2-6/h1-4,9H,5H2,(H2,7,10,11). The van der Waals surface area contributed by atoms with E-state index in [0.717, 1.165) is 5.56 Å². The first-order chi connectivity index (χ1) is 5.58. The minimum atomic E-state index is -3.59. The smallest absolute Gasteiger partial charge is 0.265 e. The average molecular weight is 187 g/mol. The van der Waals surface area contributed by atoms with Gasteiger partial charge in [0.25, 0.3) is 10.2 Å². The molecule has 1 heterocycles. The number of nitrogens with two attached hydrogens (primary N) is 1. The fourth-order valence-corrected chi connectivity index (χ4v) is 1.05. The summed E-state index contributed by atoms with van der Waals surface area (Å²) in [7, 11) is -3.59. The highest BCUT2D eigenvalue weighted by atomic mass is 32.2. The number of hydrogen-bond acceptors (Lipinski definition) is 3. The number of pyridine rings is 1. The number of nitrogens with one attached hydrogen (secondary N) is 1. The number of nitrogens with zero attached hydrogens (tertiary/aromatic N) is 1. The van der Waals surface area contributed by atoms with Crippen LogP contribution in [0.1, 0.15) is 5.56 Å². The highest BCUT2D eigenvalue weighted by Gasteiger charge is 1.99. The van der Waals surface area contributed by atoms with Gasteiger partial charge in [-0.25, -0.2) is 5.14 Å². The molecule has 0 aliphatic rings. The van der Waals surface area contributed by atoms with Gasteiger partial charge in [-0.2, -0.15) is 13.1 Å². The third-order valence-electron chi connectivity index (χ3n) is 1.23. The zero-order valence-corrected chi connectivity index (χ0v) is 7.08. The normalized spacial score (nSPS) is 11.4. The Bertz CT molecular complexity index is 335. The van der Waals surface area contributed by atoms with E-state index in [1.807, 2.05) is 0 Å². The summed E-state index contributed by atoms with van der Waals surface area (Å²) in [5.41, 5.74) is 0.819. The van der Waals surface area contributed by atoms with Crippen LogP contribution in [0.4, 0.5) is 0 Å². The SMILES string of the molecule is NS(=O)(=O)NCc1ccncc1. The molecule has 1 aromatic rings. The maximum atomic E-state index is 10.5. The molecule has 0 bridgehead atoms. The summed E-state index contributed by atoms with van der Waals surface area (Å²) in [6, 6.07) is 3.41. The van der Waals surface area contributed by atoms with Crippen LogP contribution in [0.15, 0.2) is 24.5 Å². The Labute approximate surface area is 70.8 Å². The lowest BCUT2D eigenvalue weighted by Gasteiger charge is -2.00. The van der Waals surface area contributed by atoms with Crippen LogP contribution in [-0.2, 0) is 16.8 Å². The fraction of sp³-hybridized carbons (Fsp3) is 0.167. The Morgan fingerprint density at radius 2 is 2.00 bits per heavy atom. The van der Waals surface area contributed by atoms with Gasteiger partial charge < -0.3 is 0 Å². The van der Waals surface area contributed by atoms with Crippen LogP contribution < -0.4 is 9.86 Å². The molecular weight excluding hydrogens is 178 g/mol. The third kappa shape index (κ3) is 3.42. The van der Waals surface area contributed by atoms with Crippen molar-refractivity contribution in [3.63, 3.8) is 0 Å². The second-order valence-corrected chi connectivity index (χ2v) is 3.60. The van der Waals surface area contributed by atoms with Gasteiger partial charge in [0, 0.05) is 18.9 Å². The minimum absolute atomic E-state index is 0.196. The summed E-state index contributed by atoms with van der Waals surface area (Å²) in [5.74, 6) is 0. The number of aromatic nitrogens is 1. The topological polar surface area (TPSA) is 85.1 Å². The van der Waals surface area contributed by atoms with E-state index >= 15 is 0 Å². The van der Waals surface area contributed by atoms with Gasteiger partial charge in [0.05, 0.1) is 0 Å². The first-order valence-corrected chi connectivity index (χ1v) is 4.79. The maximum Gasteiger partial charge on any atom is 0.274 e. The quantitative estimate of drug-likeness (QED) is 0.661. The molecule has 0 aromatic carbocycles. The molecule has 6 heteroatoms. The first kappa shape index (κ1) is 9.11. The van der Waals surface area contributed by atoms with Gasteiger partial charge in [-0.3, -0.25) is 4.98 Å². The number of hydrogen-bond donors (Lipinski definition) is 2. The molecule has 1 rings (SSSR count). The van der Waals surface area contributed by atoms with Gasteiger partial charge in [-0.05, 0) is 17.7 Å². The van der Waals surface area contributed by atoms with Crippen molar-refractivity contribution in [1.29, 1.82) is 0 Å². The van der Waals surface area contributed by atoms with Crippen molar-refractivity contribution in [2.45, 2.75) is 6.54 Å². The Morgan fingerprint density at radius 1 is 1.42 bits per heavy atom. The Balaban J connectivity index is 2.56. The second kappa shape index (κ2) is 3.61. The predicted octanol–water partition coefficient (Wildman–Crippen LogP) is -0.625. The van der Waals surface area contributed by atoms with E-state index in [-0.39, 0.29) is 6.54 Å². The molecule has 0 unspecified atom stereocenters. The van der Waals surface area contributed by atoms with E-state index in [1.165, 1.54) is 0 Å². The van der Waals surface area contributed by atoms with Gasteiger partial charge in [0.15, 0.2) is 0 Å². The molecule has 0 saturated carbocycles. The lowest BCUT2D eigenvalue weighted by Crippen LogP contribution is -2.30. The molecular formula is C6H9N3O2S. The second-order valence-electron chi connectivity index (χ2n) is 2.22. The maximum absolute atomic E-state index is 10.5. The number of rotatable bonds is 3. The van der Waals surface area contributed by atoms with Crippen LogP contribution in [-0.4, -0.2) is 13.4 Å². The van der Waals surface area contributed by atoms with E-state index in [2.05, 4.69) is 9.71 Å².